The molecule has 20 heavy (non-hydrogen) atoms. The van der Waals surface area contributed by atoms with Gasteiger partial charge in [-0.3, -0.25) is 0 Å². The Hall–Kier alpha value is -1.44. The maximum atomic E-state index is 12.0. The standard InChI is InChI=1S/C14H16IN3O2/c1-3-20-14(19)12-13(15)16-17-18(12)10(2)9-11-7-5-4-6-8-11/h4-8,10H,3,9H2,1-2H3/t10-/m1/s1. The van der Waals surface area contributed by atoms with Gasteiger partial charge >= 0.3 is 5.97 Å². The number of esters is 1. The zero-order valence-corrected chi connectivity index (χ0v) is 13.6. The van der Waals surface area contributed by atoms with Crippen LogP contribution in [-0.4, -0.2) is 27.6 Å². The molecule has 0 fully saturated rings. The maximum absolute atomic E-state index is 12.0. The Bertz CT molecular complexity index is 583. The molecule has 1 atom stereocenters. The Morgan fingerprint density at radius 3 is 2.75 bits per heavy atom. The molecule has 0 saturated heterocycles. The van der Waals surface area contributed by atoms with E-state index in [1.807, 2.05) is 47.7 Å². The van der Waals surface area contributed by atoms with Gasteiger partial charge in [0.15, 0.2) is 9.39 Å². The number of hydrogen-bond donors (Lipinski definition) is 0. The van der Waals surface area contributed by atoms with Crippen molar-refractivity contribution in [2.45, 2.75) is 26.3 Å². The van der Waals surface area contributed by atoms with E-state index in [0.717, 1.165) is 6.42 Å². The molecule has 0 amide bonds. The summed E-state index contributed by atoms with van der Waals surface area (Å²) >= 11 is 2.01. The molecule has 5 nitrogen and oxygen atoms in total. The van der Waals surface area contributed by atoms with E-state index in [1.54, 1.807) is 11.6 Å². The highest BCUT2D eigenvalue weighted by atomic mass is 127. The first kappa shape index (κ1) is 15.0. The average Bonchev–Trinajstić information content (AvgIpc) is 2.82. The lowest BCUT2D eigenvalue weighted by atomic mass is 10.1. The van der Waals surface area contributed by atoms with Crippen LogP contribution in [0.2, 0.25) is 0 Å². The minimum absolute atomic E-state index is 0.0350. The number of benzene rings is 1. The average molecular weight is 385 g/mol. The lowest BCUT2D eigenvalue weighted by Crippen LogP contribution is -2.19. The van der Waals surface area contributed by atoms with Crippen LogP contribution in [0.4, 0.5) is 0 Å². The third kappa shape index (κ3) is 3.36. The van der Waals surface area contributed by atoms with E-state index in [0.29, 0.717) is 16.0 Å². The van der Waals surface area contributed by atoms with Gasteiger partial charge in [-0.15, -0.1) is 5.10 Å². The summed E-state index contributed by atoms with van der Waals surface area (Å²) in [5, 5.41) is 8.05. The monoisotopic (exact) mass is 385 g/mol. The topological polar surface area (TPSA) is 57.0 Å². The zero-order chi connectivity index (χ0) is 14.5. The summed E-state index contributed by atoms with van der Waals surface area (Å²) in [6, 6.07) is 10.1. The number of rotatable bonds is 5. The zero-order valence-electron chi connectivity index (χ0n) is 11.4. The highest BCUT2D eigenvalue weighted by Gasteiger charge is 2.23. The SMILES string of the molecule is CCOC(=O)c1c(I)nnn1[C@H](C)Cc1ccccc1. The van der Waals surface area contributed by atoms with E-state index in [4.69, 9.17) is 4.74 Å². The van der Waals surface area contributed by atoms with Crippen LogP contribution in [0.5, 0.6) is 0 Å². The van der Waals surface area contributed by atoms with Crippen molar-refractivity contribution in [2.24, 2.45) is 0 Å². The minimum atomic E-state index is -0.373. The molecule has 0 aliphatic carbocycles. The molecule has 2 aromatic rings. The molecule has 106 valence electrons. The van der Waals surface area contributed by atoms with Crippen LogP contribution in [0.25, 0.3) is 0 Å². The Balaban J connectivity index is 2.22. The molecule has 2 rings (SSSR count). The second-order valence-electron chi connectivity index (χ2n) is 4.43. The van der Waals surface area contributed by atoms with Crippen LogP contribution >= 0.6 is 22.6 Å². The van der Waals surface area contributed by atoms with Crippen LogP contribution in [0.3, 0.4) is 0 Å². The molecule has 0 aliphatic rings. The fourth-order valence-electron chi connectivity index (χ4n) is 2.00. The van der Waals surface area contributed by atoms with E-state index in [9.17, 15) is 4.79 Å². The second kappa shape index (κ2) is 6.83. The van der Waals surface area contributed by atoms with Crippen molar-refractivity contribution in [1.82, 2.24) is 15.0 Å². The van der Waals surface area contributed by atoms with E-state index in [1.165, 1.54) is 5.56 Å². The van der Waals surface area contributed by atoms with Crippen molar-refractivity contribution < 1.29 is 9.53 Å². The van der Waals surface area contributed by atoms with Gasteiger partial charge in [0.2, 0.25) is 0 Å². The molecular formula is C14H16IN3O2. The first-order valence-electron chi connectivity index (χ1n) is 6.45. The van der Waals surface area contributed by atoms with Crippen LogP contribution in [-0.2, 0) is 11.2 Å². The van der Waals surface area contributed by atoms with E-state index < -0.39 is 0 Å². The first-order valence-corrected chi connectivity index (χ1v) is 7.53. The van der Waals surface area contributed by atoms with Gasteiger partial charge in [0, 0.05) is 0 Å². The molecule has 0 unspecified atom stereocenters. The Morgan fingerprint density at radius 1 is 1.40 bits per heavy atom. The third-order valence-electron chi connectivity index (χ3n) is 2.91. The van der Waals surface area contributed by atoms with Gasteiger partial charge in [0.1, 0.15) is 0 Å². The number of nitrogens with zero attached hydrogens (tertiary/aromatic N) is 3. The minimum Gasteiger partial charge on any atom is -0.461 e. The molecule has 0 spiro atoms. The Morgan fingerprint density at radius 2 is 2.10 bits per heavy atom. The van der Waals surface area contributed by atoms with E-state index in [2.05, 4.69) is 22.4 Å². The van der Waals surface area contributed by atoms with E-state index in [-0.39, 0.29) is 12.0 Å². The van der Waals surface area contributed by atoms with Gasteiger partial charge in [-0.05, 0) is 48.4 Å². The number of carbonyl (C=O) groups is 1. The molecule has 1 aromatic carbocycles. The highest BCUT2D eigenvalue weighted by Crippen LogP contribution is 2.18. The van der Waals surface area contributed by atoms with Crippen molar-refractivity contribution in [1.29, 1.82) is 0 Å². The van der Waals surface area contributed by atoms with Crippen LogP contribution in [0, 0.1) is 3.70 Å². The van der Waals surface area contributed by atoms with Crippen molar-refractivity contribution in [3.63, 3.8) is 0 Å². The van der Waals surface area contributed by atoms with Gasteiger partial charge < -0.3 is 4.74 Å². The Kier molecular flexibility index (Phi) is 5.11. The molecule has 0 aliphatic heterocycles. The summed E-state index contributed by atoms with van der Waals surface area (Å²) in [6.07, 6.45) is 0.784. The lowest BCUT2D eigenvalue weighted by molar-refractivity contribution is 0.0508. The number of ether oxygens (including phenoxy) is 1. The largest absolute Gasteiger partial charge is 0.461 e. The fraction of sp³-hybridized carbons (Fsp3) is 0.357. The first-order chi connectivity index (χ1) is 9.63. The normalized spacial score (nSPS) is 12.2. The molecule has 0 N–H and O–H groups in total. The van der Waals surface area contributed by atoms with Crippen molar-refractivity contribution in [3.05, 3.63) is 45.3 Å². The van der Waals surface area contributed by atoms with E-state index >= 15 is 0 Å². The number of hydrogen-bond acceptors (Lipinski definition) is 4. The molecule has 1 heterocycles. The predicted molar refractivity (Wildman–Crippen MR) is 83.6 cm³/mol. The van der Waals surface area contributed by atoms with Crippen LogP contribution < -0.4 is 0 Å². The summed E-state index contributed by atoms with van der Waals surface area (Å²) in [5.74, 6) is -0.373. The summed E-state index contributed by atoms with van der Waals surface area (Å²) < 4.78 is 7.28. The molecular weight excluding hydrogens is 369 g/mol. The molecule has 1 aromatic heterocycles. The quantitative estimate of drug-likeness (QED) is 0.587. The maximum Gasteiger partial charge on any atom is 0.359 e. The van der Waals surface area contributed by atoms with Crippen LogP contribution in [0.1, 0.15) is 35.9 Å². The van der Waals surface area contributed by atoms with Crippen molar-refractivity contribution in [2.75, 3.05) is 6.61 Å². The van der Waals surface area contributed by atoms with Gasteiger partial charge in [-0.1, -0.05) is 35.5 Å². The summed E-state index contributed by atoms with van der Waals surface area (Å²) in [6.45, 7) is 4.14. The molecule has 0 radical (unpaired) electrons. The highest BCUT2D eigenvalue weighted by molar-refractivity contribution is 14.1. The summed E-state index contributed by atoms with van der Waals surface area (Å²) in [4.78, 5) is 12.0. The second-order valence-corrected chi connectivity index (χ2v) is 5.45. The number of carbonyl (C=O) groups excluding carboxylic acids is 1. The van der Waals surface area contributed by atoms with Crippen LogP contribution in [0.15, 0.2) is 30.3 Å². The third-order valence-corrected chi connectivity index (χ3v) is 3.64. The lowest BCUT2D eigenvalue weighted by Gasteiger charge is -2.14. The summed E-state index contributed by atoms with van der Waals surface area (Å²) in [5.41, 5.74) is 1.62. The molecule has 6 heteroatoms. The Labute approximate surface area is 131 Å². The van der Waals surface area contributed by atoms with Crippen molar-refractivity contribution in [3.8, 4) is 0 Å². The summed E-state index contributed by atoms with van der Waals surface area (Å²) in [7, 11) is 0. The fourth-order valence-corrected chi connectivity index (χ4v) is 2.57. The van der Waals surface area contributed by atoms with Gasteiger partial charge in [-0.25, -0.2) is 9.48 Å². The number of aromatic nitrogens is 3. The molecule has 0 saturated carbocycles. The van der Waals surface area contributed by atoms with Crippen molar-refractivity contribution >= 4 is 28.6 Å². The van der Waals surface area contributed by atoms with Gasteiger partial charge in [-0.2, -0.15) is 0 Å². The number of halogens is 1. The van der Waals surface area contributed by atoms with Gasteiger partial charge in [0.25, 0.3) is 0 Å². The van der Waals surface area contributed by atoms with Gasteiger partial charge in [0.05, 0.1) is 12.6 Å². The molecule has 0 bridgehead atoms. The predicted octanol–water partition coefficient (Wildman–Crippen LogP) is 2.86. The smallest absolute Gasteiger partial charge is 0.359 e.